The van der Waals surface area contributed by atoms with Gasteiger partial charge in [-0.2, -0.15) is 0 Å². The molecule has 2 heterocycles. The summed E-state index contributed by atoms with van der Waals surface area (Å²) in [4.78, 5) is 12.2. The minimum absolute atomic E-state index is 0.0201. The van der Waals surface area contributed by atoms with E-state index >= 15 is 0 Å². The number of hydrogen-bond donors (Lipinski definition) is 2. The fourth-order valence-corrected chi connectivity index (χ4v) is 2.04. The zero-order valence-electron chi connectivity index (χ0n) is 23.9. The molecule has 0 spiro atoms. The largest absolute Gasteiger partial charge is 0.447 e. The lowest BCUT2D eigenvalue weighted by Gasteiger charge is -2.09. The highest BCUT2D eigenvalue weighted by Crippen LogP contribution is 2.21. The summed E-state index contributed by atoms with van der Waals surface area (Å²) in [5.41, 5.74) is 0.0221. The van der Waals surface area contributed by atoms with Crippen LogP contribution in [0.2, 0.25) is 2.82 Å². The average molecular weight is 300 g/mol. The second-order valence-corrected chi connectivity index (χ2v) is 4.42. The van der Waals surface area contributed by atoms with Crippen LogP contribution in [-0.4, -0.2) is 49.0 Å². The first kappa shape index (κ1) is 5.32. The molecule has 1 aromatic carbocycles. The molecule has 0 unspecified atom stereocenters. The second kappa shape index (κ2) is 5.77. The Bertz CT molecular complexity index is 1100. The second-order valence-electron chi connectivity index (χ2n) is 4.42. The maximum Gasteiger partial charge on any atom is 0.407 e. The third-order valence-corrected chi connectivity index (χ3v) is 2.98. The summed E-state index contributed by atoms with van der Waals surface area (Å²) in [7, 11) is 0. The Morgan fingerprint density at radius 3 is 3.29 bits per heavy atom. The van der Waals surface area contributed by atoms with Crippen LogP contribution >= 0.6 is 0 Å². The molecular weight excluding hydrogens is 266 g/mol. The van der Waals surface area contributed by atoms with Gasteiger partial charge in [-0.3, -0.25) is 0 Å². The van der Waals surface area contributed by atoms with E-state index in [4.69, 9.17) is 17.9 Å². The van der Waals surface area contributed by atoms with Crippen LogP contribution in [-0.2, 0) is 17.5 Å². The van der Waals surface area contributed by atoms with E-state index < -0.39 is 52.0 Å². The van der Waals surface area contributed by atoms with Crippen LogP contribution in [0.4, 0.5) is 4.79 Å². The number of aromatic nitrogens is 1. The molecule has 1 atom stereocenters. The smallest absolute Gasteiger partial charge is 0.407 e. The van der Waals surface area contributed by atoms with E-state index in [0.29, 0.717) is 0 Å². The Morgan fingerprint density at radius 2 is 2.52 bits per heavy atom. The van der Waals surface area contributed by atoms with Crippen LogP contribution in [0.5, 0.6) is 0 Å². The lowest BCUT2D eigenvalue weighted by molar-refractivity contribution is 0.177. The standard InChI is InChI=1S/C16H21N3O2/c1-19(2)6-5-12-9-17-15-4-3-11(8-14(12)15)7-13-10-21-16(20)18-13/h3-4,8-9,13,17H,5-7,10H2,1-2H3,(H,18,20)/t13-/m0/s1/i1D3,2D3,6D2,7D2,13D/hD2. The topological polar surface area (TPSA) is 57.4 Å². The van der Waals surface area contributed by atoms with Crippen LogP contribution in [0.25, 0.3) is 10.9 Å². The molecule has 1 amide bonds. The SMILES string of the molecule is [2H]N1C(=O)OC[C@]1([2H])C([2H])([2H])c1ccc2c(c1)c(CC([2H])([2H])N(C([2H])([2H])[2H])C([2H])([2H])[2H])cn2[2H]. The zero-order valence-corrected chi connectivity index (χ0v) is 10.9. The molecule has 0 bridgehead atoms. The number of aryl methyl sites for hydroxylation is 1. The highest BCUT2D eigenvalue weighted by Gasteiger charge is 2.22. The Hall–Kier alpha value is -2.01. The maximum atomic E-state index is 11.6. The Balaban J connectivity index is 2.09. The molecule has 3 rings (SSSR count). The Labute approximate surface area is 142 Å². The Morgan fingerprint density at radius 1 is 1.62 bits per heavy atom. The van der Waals surface area contributed by atoms with Crippen LogP contribution in [0.15, 0.2) is 24.4 Å². The fourth-order valence-electron chi connectivity index (χ4n) is 2.04. The number of amides is 1. The monoisotopic (exact) mass is 300 g/mol. The number of alkyl carbamates (subject to hydrolysis) is 1. The molecular formula is C16H21N3O2. The van der Waals surface area contributed by atoms with Crippen molar-refractivity contribution < 1.29 is 27.4 Å². The minimum atomic E-state index is -3.30. The molecule has 2 aromatic rings. The molecule has 5 heteroatoms. The van der Waals surface area contributed by atoms with Crippen molar-refractivity contribution in [3.63, 3.8) is 0 Å². The summed E-state index contributed by atoms with van der Waals surface area (Å²) in [5, 5.41) is 0.193. The summed E-state index contributed by atoms with van der Waals surface area (Å²) >= 11 is 0. The predicted molar refractivity (Wildman–Crippen MR) is 82.5 cm³/mol. The number of fused-ring (bicyclic) bond motifs is 1. The van der Waals surface area contributed by atoms with Crippen LogP contribution in [0.3, 0.4) is 0 Å². The summed E-state index contributed by atoms with van der Waals surface area (Å²) in [6.07, 6.45) is -3.45. The van der Waals surface area contributed by atoms with E-state index in [9.17, 15) is 4.79 Å². The first-order valence-corrected chi connectivity index (χ1v) is 6.13. The third-order valence-electron chi connectivity index (χ3n) is 2.98. The highest BCUT2D eigenvalue weighted by atomic mass is 16.6. The molecule has 21 heavy (non-hydrogen) atoms. The van der Waals surface area contributed by atoms with Crippen molar-refractivity contribution in [1.29, 1.82) is 0 Å². The van der Waals surface area contributed by atoms with Crippen molar-refractivity contribution in [2.75, 3.05) is 27.1 Å². The zero-order chi connectivity index (χ0) is 26.1. The number of aromatic amines is 1. The first-order chi connectivity index (χ1) is 15.2. The molecule has 0 saturated carbocycles. The van der Waals surface area contributed by atoms with Gasteiger partial charge in [0.2, 0.25) is 0 Å². The van der Waals surface area contributed by atoms with Gasteiger partial charge in [0, 0.05) is 37.3 Å². The van der Waals surface area contributed by atoms with Crippen molar-refractivity contribution in [2.45, 2.75) is 18.8 Å². The normalized spacial score (nSPS) is 33.9. The van der Waals surface area contributed by atoms with Crippen molar-refractivity contribution in [2.24, 2.45) is 0 Å². The number of ether oxygens (including phenoxy) is 1. The van der Waals surface area contributed by atoms with E-state index in [0.717, 1.165) is 11.2 Å². The Kier molecular flexibility index (Phi) is 1.46. The van der Waals surface area contributed by atoms with Crippen molar-refractivity contribution in [3.05, 3.63) is 35.5 Å². The van der Waals surface area contributed by atoms with Crippen molar-refractivity contribution in [1.82, 2.24) is 15.2 Å². The van der Waals surface area contributed by atoms with Gasteiger partial charge in [-0.25, -0.2) is 4.79 Å². The van der Waals surface area contributed by atoms with E-state index in [1.807, 2.05) is 0 Å². The van der Waals surface area contributed by atoms with E-state index in [-0.39, 0.29) is 32.2 Å². The molecule has 1 aliphatic heterocycles. The quantitative estimate of drug-likeness (QED) is 0.887. The number of benzene rings is 1. The summed E-state index contributed by atoms with van der Waals surface area (Å²) in [6.45, 7) is -10.2. The van der Waals surface area contributed by atoms with E-state index in [1.165, 1.54) is 18.2 Å². The van der Waals surface area contributed by atoms with Gasteiger partial charge >= 0.3 is 6.09 Å². The molecule has 1 fully saturated rings. The van der Waals surface area contributed by atoms with Gasteiger partial charge in [-0.05, 0) is 50.0 Å². The number of likely N-dealkylation sites (N-methyl/N-ethyl adjacent to an activating group) is 1. The minimum Gasteiger partial charge on any atom is -0.447 e. The number of carbonyl (C=O) groups excluding carboxylic acids is 1. The predicted octanol–water partition coefficient (Wildman–Crippen LogP) is 1.92. The van der Waals surface area contributed by atoms with Crippen molar-refractivity contribution in [3.8, 4) is 0 Å². The van der Waals surface area contributed by atoms with Gasteiger partial charge in [0.25, 0.3) is 0 Å². The number of hydrogen-bond acceptors (Lipinski definition) is 3. The lowest BCUT2D eigenvalue weighted by atomic mass is 10.0. The molecule has 1 aliphatic rings. The van der Waals surface area contributed by atoms with Crippen molar-refractivity contribution >= 4 is 17.0 Å². The van der Waals surface area contributed by atoms with Gasteiger partial charge in [-0.15, -0.1) is 0 Å². The molecule has 0 radical (unpaired) electrons. The van der Waals surface area contributed by atoms with E-state index in [2.05, 4.69) is 4.74 Å². The number of carbonyl (C=O) groups is 1. The molecule has 5 nitrogen and oxygen atoms in total. The number of H-pyrrole nitrogens is 1. The maximum absolute atomic E-state index is 11.6. The number of rotatable bonds is 5. The number of nitrogens with one attached hydrogen (secondary N) is 2. The summed E-state index contributed by atoms with van der Waals surface area (Å²) in [6, 6.07) is 1.33. The molecule has 0 aliphatic carbocycles. The van der Waals surface area contributed by atoms with Crippen LogP contribution in [0.1, 0.15) is 26.2 Å². The molecule has 1 aromatic heterocycles. The van der Waals surface area contributed by atoms with Gasteiger partial charge < -0.3 is 19.9 Å². The molecule has 2 N–H and O–H groups in total. The van der Waals surface area contributed by atoms with E-state index in [1.54, 1.807) is 0 Å². The van der Waals surface area contributed by atoms with Gasteiger partial charge in [-0.1, -0.05) is 6.07 Å². The molecule has 1 saturated heterocycles. The van der Waals surface area contributed by atoms with Gasteiger partial charge in [0.15, 0.2) is 2.82 Å². The summed E-state index contributed by atoms with van der Waals surface area (Å²) < 4.78 is 107. The number of nitrogens with zero attached hydrogens (tertiary/aromatic N) is 1. The average Bonchev–Trinajstić information content (AvgIpc) is 3.10. The van der Waals surface area contributed by atoms with Gasteiger partial charge in [0.1, 0.15) is 6.61 Å². The lowest BCUT2D eigenvalue weighted by Crippen LogP contribution is -2.28. The summed E-state index contributed by atoms with van der Waals surface area (Å²) in [5.74, 6) is 0. The number of cyclic esters (lactones) is 1. The highest BCUT2D eigenvalue weighted by molar-refractivity contribution is 5.84. The van der Waals surface area contributed by atoms with Crippen LogP contribution in [0, 0.1) is 0 Å². The molecule has 112 valence electrons. The van der Waals surface area contributed by atoms with Crippen LogP contribution < -0.4 is 5.31 Å². The van der Waals surface area contributed by atoms with Gasteiger partial charge in [0.05, 0.1) is 7.39 Å². The fraction of sp³-hybridized carbons (Fsp3) is 0.438. The third kappa shape index (κ3) is 3.19. The first-order valence-electron chi connectivity index (χ1n) is 12.5.